The number of aromatic nitrogens is 3. The van der Waals surface area contributed by atoms with Crippen molar-refractivity contribution in [3.8, 4) is 10.6 Å². The summed E-state index contributed by atoms with van der Waals surface area (Å²) in [5, 5.41) is 0. The summed E-state index contributed by atoms with van der Waals surface area (Å²) < 4.78 is 1.54. The number of hydrogen-bond acceptors (Lipinski definition) is 4. The van der Waals surface area contributed by atoms with Crippen LogP contribution >= 0.6 is 11.3 Å². The third-order valence-electron chi connectivity index (χ3n) is 2.21. The summed E-state index contributed by atoms with van der Waals surface area (Å²) in [6.07, 6.45) is 5.03. The summed E-state index contributed by atoms with van der Waals surface area (Å²) in [7, 11) is 0. The number of pyridine rings is 1. The first-order valence-electron chi connectivity index (χ1n) is 4.73. The van der Waals surface area contributed by atoms with E-state index in [1.165, 1.54) is 28.0 Å². The second-order valence-corrected chi connectivity index (χ2v) is 4.26. The van der Waals surface area contributed by atoms with Gasteiger partial charge in [0, 0.05) is 24.7 Å². The van der Waals surface area contributed by atoms with Gasteiger partial charge in [0.1, 0.15) is 0 Å². The van der Waals surface area contributed by atoms with Crippen LogP contribution in [0.15, 0.2) is 47.7 Å². The molecule has 0 unspecified atom stereocenters. The van der Waals surface area contributed by atoms with Gasteiger partial charge in [-0.15, -0.1) is 0 Å². The summed E-state index contributed by atoms with van der Waals surface area (Å²) in [5.74, 6) is 0. The Bertz CT molecular complexity index is 687. The smallest absolute Gasteiger partial charge is 0.258 e. The monoisotopic (exact) mass is 229 g/mol. The van der Waals surface area contributed by atoms with Gasteiger partial charge >= 0.3 is 0 Å². The van der Waals surface area contributed by atoms with Gasteiger partial charge in [0.2, 0.25) is 0 Å². The number of fused-ring (bicyclic) bond motifs is 1. The SMILES string of the molecule is O=c1ccnc2sc(-c3ccccn3)cn12. The van der Waals surface area contributed by atoms with E-state index in [1.54, 1.807) is 12.4 Å². The Balaban J connectivity index is 2.28. The normalized spacial score (nSPS) is 10.8. The number of thiazole rings is 1. The number of nitrogens with zero attached hydrogens (tertiary/aromatic N) is 3. The molecule has 3 aromatic rings. The lowest BCUT2D eigenvalue weighted by Crippen LogP contribution is -2.09. The maximum Gasteiger partial charge on any atom is 0.258 e. The molecule has 0 spiro atoms. The van der Waals surface area contributed by atoms with Gasteiger partial charge in [-0.1, -0.05) is 17.4 Å². The third kappa shape index (κ3) is 1.42. The molecule has 0 aromatic carbocycles. The van der Waals surface area contributed by atoms with Crippen LogP contribution in [-0.4, -0.2) is 14.4 Å². The lowest BCUT2D eigenvalue weighted by atomic mass is 10.3. The summed E-state index contributed by atoms with van der Waals surface area (Å²) in [5.41, 5.74) is 0.792. The van der Waals surface area contributed by atoms with Gasteiger partial charge in [-0.2, -0.15) is 0 Å². The minimum atomic E-state index is -0.0663. The van der Waals surface area contributed by atoms with Gasteiger partial charge in [-0.25, -0.2) is 4.98 Å². The van der Waals surface area contributed by atoms with Crippen LogP contribution in [0.5, 0.6) is 0 Å². The van der Waals surface area contributed by atoms with E-state index in [1.807, 2.05) is 18.2 Å². The first kappa shape index (κ1) is 9.23. The van der Waals surface area contributed by atoms with Crippen LogP contribution < -0.4 is 5.56 Å². The van der Waals surface area contributed by atoms with Crippen molar-refractivity contribution in [2.75, 3.05) is 0 Å². The van der Waals surface area contributed by atoms with Crippen molar-refractivity contribution in [1.82, 2.24) is 14.4 Å². The predicted molar refractivity (Wildman–Crippen MR) is 62.6 cm³/mol. The molecular weight excluding hydrogens is 222 g/mol. The standard InChI is InChI=1S/C11H7N3OS/c15-10-4-6-13-11-14(10)7-9(16-11)8-3-1-2-5-12-8/h1-7H. The van der Waals surface area contributed by atoms with E-state index in [9.17, 15) is 4.79 Å². The minimum Gasteiger partial charge on any atom is -0.269 e. The Labute approximate surface area is 94.9 Å². The van der Waals surface area contributed by atoms with Gasteiger partial charge < -0.3 is 0 Å². The molecule has 0 aliphatic heterocycles. The molecule has 3 heterocycles. The number of hydrogen-bond donors (Lipinski definition) is 0. The fourth-order valence-corrected chi connectivity index (χ4v) is 2.40. The quantitative estimate of drug-likeness (QED) is 0.639. The highest BCUT2D eigenvalue weighted by Gasteiger charge is 2.06. The molecule has 5 heteroatoms. The second-order valence-electron chi connectivity index (χ2n) is 3.25. The maximum absolute atomic E-state index is 11.5. The molecule has 4 nitrogen and oxygen atoms in total. The van der Waals surface area contributed by atoms with E-state index in [0.717, 1.165) is 10.6 Å². The van der Waals surface area contributed by atoms with Gasteiger partial charge in [-0.3, -0.25) is 14.2 Å². The summed E-state index contributed by atoms with van der Waals surface area (Å²) in [6.45, 7) is 0. The zero-order chi connectivity index (χ0) is 11.0. The predicted octanol–water partition coefficient (Wildman–Crippen LogP) is 1.82. The fourth-order valence-electron chi connectivity index (χ4n) is 1.46. The van der Waals surface area contributed by atoms with Crippen molar-refractivity contribution in [3.05, 3.63) is 53.2 Å². The molecule has 0 saturated heterocycles. The molecule has 3 aromatic heterocycles. The molecule has 0 radical (unpaired) electrons. The molecule has 0 amide bonds. The Morgan fingerprint density at radius 2 is 2.06 bits per heavy atom. The molecular formula is C11H7N3OS. The van der Waals surface area contributed by atoms with Crippen molar-refractivity contribution < 1.29 is 0 Å². The van der Waals surface area contributed by atoms with Crippen molar-refractivity contribution >= 4 is 16.3 Å². The molecule has 0 aliphatic carbocycles. The average Bonchev–Trinajstić information content (AvgIpc) is 2.76. The molecule has 0 saturated carbocycles. The lowest BCUT2D eigenvalue weighted by Gasteiger charge is -1.91. The van der Waals surface area contributed by atoms with Gasteiger partial charge in [-0.05, 0) is 12.1 Å². The van der Waals surface area contributed by atoms with Crippen molar-refractivity contribution in [2.24, 2.45) is 0 Å². The Morgan fingerprint density at radius 3 is 2.81 bits per heavy atom. The topological polar surface area (TPSA) is 47.3 Å². The molecule has 0 N–H and O–H groups in total. The first-order chi connectivity index (χ1) is 7.84. The fraction of sp³-hybridized carbons (Fsp3) is 0. The number of rotatable bonds is 1. The first-order valence-corrected chi connectivity index (χ1v) is 5.55. The molecule has 16 heavy (non-hydrogen) atoms. The average molecular weight is 229 g/mol. The second kappa shape index (κ2) is 3.53. The molecule has 0 atom stereocenters. The van der Waals surface area contributed by atoms with Crippen LogP contribution in [0.3, 0.4) is 0 Å². The summed E-state index contributed by atoms with van der Waals surface area (Å²) in [4.78, 5) is 21.5. The van der Waals surface area contributed by atoms with E-state index in [2.05, 4.69) is 9.97 Å². The Hall–Kier alpha value is -2.01. The Morgan fingerprint density at radius 1 is 1.12 bits per heavy atom. The van der Waals surface area contributed by atoms with E-state index >= 15 is 0 Å². The van der Waals surface area contributed by atoms with E-state index in [0.29, 0.717) is 4.96 Å². The van der Waals surface area contributed by atoms with Crippen LogP contribution in [0, 0.1) is 0 Å². The van der Waals surface area contributed by atoms with Gasteiger partial charge in [0.15, 0.2) is 4.96 Å². The van der Waals surface area contributed by atoms with Crippen LogP contribution in [0.4, 0.5) is 0 Å². The Kier molecular flexibility index (Phi) is 2.04. The van der Waals surface area contributed by atoms with Crippen molar-refractivity contribution in [3.63, 3.8) is 0 Å². The zero-order valence-corrected chi connectivity index (χ0v) is 9.02. The van der Waals surface area contributed by atoms with Crippen LogP contribution in [0.1, 0.15) is 0 Å². The largest absolute Gasteiger partial charge is 0.269 e. The third-order valence-corrected chi connectivity index (χ3v) is 3.23. The molecule has 0 aliphatic rings. The van der Waals surface area contributed by atoms with Gasteiger partial charge in [0.25, 0.3) is 5.56 Å². The van der Waals surface area contributed by atoms with Crippen LogP contribution in [0.25, 0.3) is 15.5 Å². The summed E-state index contributed by atoms with van der Waals surface area (Å²) >= 11 is 1.45. The van der Waals surface area contributed by atoms with E-state index < -0.39 is 0 Å². The van der Waals surface area contributed by atoms with E-state index in [4.69, 9.17) is 0 Å². The minimum absolute atomic E-state index is 0.0663. The van der Waals surface area contributed by atoms with Crippen molar-refractivity contribution in [2.45, 2.75) is 0 Å². The van der Waals surface area contributed by atoms with Crippen LogP contribution in [-0.2, 0) is 0 Å². The van der Waals surface area contributed by atoms with Crippen LogP contribution in [0.2, 0.25) is 0 Å². The highest BCUT2D eigenvalue weighted by atomic mass is 32.1. The molecule has 3 rings (SSSR count). The molecule has 0 bridgehead atoms. The highest BCUT2D eigenvalue weighted by Crippen LogP contribution is 2.24. The maximum atomic E-state index is 11.5. The zero-order valence-electron chi connectivity index (χ0n) is 8.20. The van der Waals surface area contributed by atoms with Crippen molar-refractivity contribution in [1.29, 1.82) is 0 Å². The lowest BCUT2D eigenvalue weighted by molar-refractivity contribution is 1.08. The summed E-state index contributed by atoms with van der Waals surface area (Å²) in [6, 6.07) is 7.14. The highest BCUT2D eigenvalue weighted by molar-refractivity contribution is 7.20. The van der Waals surface area contributed by atoms with E-state index in [-0.39, 0.29) is 5.56 Å². The molecule has 0 fully saturated rings. The van der Waals surface area contributed by atoms with Gasteiger partial charge in [0.05, 0.1) is 10.6 Å². The molecule has 78 valence electrons.